The van der Waals surface area contributed by atoms with Crippen molar-refractivity contribution in [1.82, 2.24) is 15.2 Å². The van der Waals surface area contributed by atoms with E-state index in [1.165, 1.54) is 0 Å². The highest BCUT2D eigenvalue weighted by Gasteiger charge is 2.50. The maximum atomic E-state index is 13.4. The van der Waals surface area contributed by atoms with Gasteiger partial charge in [0.15, 0.2) is 0 Å². The van der Waals surface area contributed by atoms with E-state index in [1.54, 1.807) is 17.7 Å². The van der Waals surface area contributed by atoms with Crippen molar-refractivity contribution in [3.8, 4) is 16.9 Å². The number of amides is 1. The molecule has 0 bridgehead atoms. The smallest absolute Gasteiger partial charge is 0.258 e. The molecule has 0 unspecified atom stereocenters. The number of methoxy groups -OCH3 is 1. The van der Waals surface area contributed by atoms with Gasteiger partial charge in [0.25, 0.3) is 5.56 Å². The predicted octanol–water partition coefficient (Wildman–Crippen LogP) is 2.74. The summed E-state index contributed by atoms with van der Waals surface area (Å²) in [6.07, 6.45) is 0. The maximum Gasteiger partial charge on any atom is 0.258 e. The van der Waals surface area contributed by atoms with Crippen molar-refractivity contribution in [2.24, 2.45) is 11.8 Å². The molecule has 2 aliphatic rings. The van der Waals surface area contributed by atoms with Crippen molar-refractivity contribution in [1.29, 1.82) is 0 Å². The average molecular weight is 480 g/mol. The Morgan fingerprint density at radius 1 is 1.15 bits per heavy atom. The number of halogens is 1. The summed E-state index contributed by atoms with van der Waals surface area (Å²) in [5.74, 6) is 0.0693. The number of ether oxygens (including phenoxy) is 1. The third kappa shape index (κ3) is 3.79. The van der Waals surface area contributed by atoms with E-state index in [4.69, 9.17) is 16.3 Å². The summed E-state index contributed by atoms with van der Waals surface area (Å²) in [6.45, 7) is 0.595. The number of aliphatic hydroxyl groups excluding tert-OH is 1. The Balaban J connectivity index is 1.38. The largest absolute Gasteiger partial charge is 0.496 e. The molecule has 5 rings (SSSR count). The summed E-state index contributed by atoms with van der Waals surface area (Å²) in [5.41, 5.74) is 2.86. The number of carbonyl (C=O) groups excluding carboxylic acids is 1. The van der Waals surface area contributed by atoms with Crippen LogP contribution in [0.15, 0.2) is 65.5 Å². The van der Waals surface area contributed by atoms with Gasteiger partial charge in [-0.05, 0) is 29.8 Å². The maximum absolute atomic E-state index is 13.4. The highest BCUT2D eigenvalue weighted by atomic mass is 35.5. The first-order valence-electron chi connectivity index (χ1n) is 11.3. The molecule has 0 spiro atoms. The van der Waals surface area contributed by atoms with Crippen LogP contribution >= 0.6 is 11.6 Å². The van der Waals surface area contributed by atoms with Gasteiger partial charge in [-0.2, -0.15) is 0 Å². The Kier molecular flexibility index (Phi) is 6.16. The number of aliphatic hydroxyl groups is 1. The summed E-state index contributed by atoms with van der Waals surface area (Å²) in [7, 11) is 1.58. The van der Waals surface area contributed by atoms with Crippen molar-refractivity contribution in [2.45, 2.75) is 25.2 Å². The quantitative estimate of drug-likeness (QED) is 0.505. The van der Waals surface area contributed by atoms with Crippen molar-refractivity contribution in [2.75, 3.05) is 13.7 Å². The molecule has 8 heteroatoms. The topological polar surface area (TPSA) is 92.6 Å². The van der Waals surface area contributed by atoms with E-state index in [1.807, 2.05) is 54.6 Å². The Hall–Kier alpha value is -3.13. The Bertz CT molecular complexity index is 1290. The van der Waals surface area contributed by atoms with Crippen molar-refractivity contribution in [3.63, 3.8) is 0 Å². The van der Waals surface area contributed by atoms with E-state index in [0.717, 1.165) is 16.8 Å². The molecule has 3 heterocycles. The van der Waals surface area contributed by atoms with Gasteiger partial charge in [0.2, 0.25) is 5.91 Å². The van der Waals surface area contributed by atoms with Crippen LogP contribution in [0.3, 0.4) is 0 Å². The molecule has 0 aliphatic carbocycles. The number of pyridine rings is 1. The minimum absolute atomic E-state index is 0.0679. The van der Waals surface area contributed by atoms with Crippen LogP contribution in [0.5, 0.6) is 5.75 Å². The molecule has 3 aromatic rings. The molecule has 4 atom stereocenters. The first-order valence-corrected chi connectivity index (χ1v) is 11.7. The Morgan fingerprint density at radius 2 is 1.91 bits per heavy atom. The Labute approximate surface area is 202 Å². The lowest BCUT2D eigenvalue weighted by Gasteiger charge is -2.21. The van der Waals surface area contributed by atoms with Crippen LogP contribution in [0.25, 0.3) is 11.1 Å². The van der Waals surface area contributed by atoms with Crippen LogP contribution in [-0.4, -0.2) is 35.3 Å². The van der Waals surface area contributed by atoms with E-state index in [9.17, 15) is 14.7 Å². The second-order valence-electron chi connectivity index (χ2n) is 8.73. The van der Waals surface area contributed by atoms with E-state index in [0.29, 0.717) is 29.4 Å². The lowest BCUT2D eigenvalue weighted by atomic mass is 9.88. The molecule has 1 saturated heterocycles. The molecule has 7 nitrogen and oxygen atoms in total. The van der Waals surface area contributed by atoms with E-state index < -0.39 is 6.04 Å². The minimum atomic E-state index is -0.555. The molecule has 2 aliphatic heterocycles. The summed E-state index contributed by atoms with van der Waals surface area (Å²) in [5, 5.41) is 17.1. The lowest BCUT2D eigenvalue weighted by molar-refractivity contribution is -0.124. The highest BCUT2D eigenvalue weighted by molar-refractivity contribution is 6.31. The fourth-order valence-corrected chi connectivity index (χ4v) is 5.46. The number of aromatic nitrogens is 1. The van der Waals surface area contributed by atoms with Gasteiger partial charge in [-0.15, -0.1) is 0 Å². The zero-order chi connectivity index (χ0) is 23.8. The highest BCUT2D eigenvalue weighted by Crippen LogP contribution is 2.43. The van der Waals surface area contributed by atoms with Crippen LogP contribution in [0.1, 0.15) is 17.3 Å². The number of hydrogen-bond acceptors (Lipinski definition) is 5. The zero-order valence-corrected chi connectivity index (χ0v) is 19.5. The van der Waals surface area contributed by atoms with Crippen LogP contribution in [0, 0.1) is 11.8 Å². The first-order chi connectivity index (χ1) is 16.5. The predicted molar refractivity (Wildman–Crippen MR) is 130 cm³/mol. The SMILES string of the molecule is COc1ccccc1-c1ccc2n(c1=O)C[C@@H]1[C@@H](CO)[C@H](C(=O)NCc3ccccc3Cl)N[C@H]21. The number of nitrogens with zero attached hydrogens (tertiary/aromatic N) is 1. The first kappa shape index (κ1) is 22.7. The normalized spacial score (nSPS) is 22.8. The molecule has 3 N–H and O–H groups in total. The van der Waals surface area contributed by atoms with Gasteiger partial charge in [-0.3, -0.25) is 14.9 Å². The monoisotopic (exact) mass is 479 g/mol. The number of hydrogen-bond donors (Lipinski definition) is 3. The van der Waals surface area contributed by atoms with Gasteiger partial charge in [-0.25, -0.2) is 0 Å². The summed E-state index contributed by atoms with van der Waals surface area (Å²) in [4.78, 5) is 26.4. The van der Waals surface area contributed by atoms with E-state index in [-0.39, 0.29) is 36.0 Å². The van der Waals surface area contributed by atoms with E-state index in [2.05, 4.69) is 10.6 Å². The van der Waals surface area contributed by atoms with Crippen LogP contribution in [0.2, 0.25) is 5.02 Å². The summed E-state index contributed by atoms with van der Waals surface area (Å²) < 4.78 is 7.19. The second-order valence-corrected chi connectivity index (χ2v) is 9.14. The fourth-order valence-electron chi connectivity index (χ4n) is 5.26. The van der Waals surface area contributed by atoms with Crippen LogP contribution in [0.4, 0.5) is 0 Å². The molecule has 1 amide bonds. The molecule has 0 saturated carbocycles. The molecule has 2 aromatic carbocycles. The summed E-state index contributed by atoms with van der Waals surface area (Å²) >= 11 is 6.20. The Morgan fingerprint density at radius 3 is 2.68 bits per heavy atom. The van der Waals surface area contributed by atoms with Crippen LogP contribution < -0.4 is 20.9 Å². The number of carbonyl (C=O) groups is 1. The van der Waals surface area contributed by atoms with Gasteiger partial charge in [-0.1, -0.05) is 48.0 Å². The average Bonchev–Trinajstić information content (AvgIpc) is 3.40. The number of rotatable bonds is 6. The third-order valence-electron chi connectivity index (χ3n) is 6.99. The van der Waals surface area contributed by atoms with Crippen molar-refractivity contribution < 1.29 is 14.6 Å². The number of nitrogens with one attached hydrogen (secondary N) is 2. The molecule has 0 radical (unpaired) electrons. The number of fused-ring (bicyclic) bond motifs is 3. The standard InChI is InChI=1S/C26H26ClN3O4/c1-34-22-9-5-3-7-16(22)17-10-11-21-23-18(13-30(21)26(17)33)19(14-31)24(29-23)25(32)28-12-15-6-2-4-8-20(15)27/h2-11,18-19,23-24,29,31H,12-14H2,1H3,(H,28,32)/t18-,19-,23+,24-/m1/s1. The van der Waals surface area contributed by atoms with Gasteiger partial charge in [0.1, 0.15) is 5.75 Å². The van der Waals surface area contributed by atoms with Gasteiger partial charge < -0.3 is 19.7 Å². The molecule has 1 fully saturated rings. The molecule has 176 valence electrons. The van der Waals surface area contributed by atoms with Crippen molar-refractivity contribution >= 4 is 17.5 Å². The third-order valence-corrected chi connectivity index (χ3v) is 7.36. The number of benzene rings is 2. The van der Waals surface area contributed by atoms with Gasteiger partial charge in [0.05, 0.1) is 24.8 Å². The second kappa shape index (κ2) is 9.25. The minimum Gasteiger partial charge on any atom is -0.496 e. The van der Waals surface area contributed by atoms with E-state index >= 15 is 0 Å². The molecular weight excluding hydrogens is 454 g/mol. The fraction of sp³-hybridized carbons (Fsp3) is 0.308. The number of para-hydroxylation sites is 1. The van der Waals surface area contributed by atoms with Crippen LogP contribution in [-0.2, 0) is 17.9 Å². The summed E-state index contributed by atoms with van der Waals surface area (Å²) in [6, 6.07) is 17.8. The molecule has 1 aromatic heterocycles. The van der Waals surface area contributed by atoms with Gasteiger partial charge >= 0.3 is 0 Å². The molecule has 34 heavy (non-hydrogen) atoms. The van der Waals surface area contributed by atoms with Crippen molar-refractivity contribution in [3.05, 3.63) is 87.3 Å². The lowest BCUT2D eigenvalue weighted by Crippen LogP contribution is -2.46. The molecular formula is C26H26ClN3O4. The zero-order valence-electron chi connectivity index (χ0n) is 18.7. The van der Waals surface area contributed by atoms with Gasteiger partial charge in [0, 0.05) is 47.8 Å².